The van der Waals surface area contributed by atoms with Crippen molar-refractivity contribution in [2.45, 2.75) is 29.1 Å². The second kappa shape index (κ2) is 8.94. The van der Waals surface area contributed by atoms with Gasteiger partial charge in [-0.25, -0.2) is 12.7 Å². The lowest BCUT2D eigenvalue weighted by molar-refractivity contribution is -0.115. The molecule has 0 aliphatic heterocycles. The zero-order valence-electron chi connectivity index (χ0n) is 17.0. The Labute approximate surface area is 179 Å². The van der Waals surface area contributed by atoms with Crippen LogP contribution in [-0.4, -0.2) is 58.2 Å². The van der Waals surface area contributed by atoms with Gasteiger partial charge in [-0.1, -0.05) is 30.0 Å². The van der Waals surface area contributed by atoms with Crippen LogP contribution < -0.4 is 5.32 Å². The number of nitrogens with zero attached hydrogens (tertiary/aromatic N) is 5. The molecule has 3 rings (SSSR count). The molecule has 1 unspecified atom stereocenters. The Morgan fingerprint density at radius 3 is 2.60 bits per heavy atom. The number of hydrogen-bond donors (Lipinski definition) is 1. The molecular formula is C19H22N6O3S2. The number of aromatic nitrogens is 4. The third-order valence-electron chi connectivity index (χ3n) is 4.22. The number of thioether (sulfide) groups is 1. The van der Waals surface area contributed by atoms with E-state index in [1.807, 2.05) is 31.2 Å². The Bertz CT molecular complexity index is 1160. The van der Waals surface area contributed by atoms with Gasteiger partial charge in [-0.15, -0.1) is 5.10 Å². The van der Waals surface area contributed by atoms with E-state index in [2.05, 4.69) is 20.8 Å². The van der Waals surface area contributed by atoms with Crippen molar-refractivity contribution in [2.75, 3.05) is 19.4 Å². The lowest BCUT2D eigenvalue weighted by Gasteiger charge is -2.14. The summed E-state index contributed by atoms with van der Waals surface area (Å²) < 4.78 is 27.3. The van der Waals surface area contributed by atoms with E-state index >= 15 is 0 Å². The summed E-state index contributed by atoms with van der Waals surface area (Å²) >= 11 is 1.21. The normalized spacial score (nSPS) is 12.7. The first kappa shape index (κ1) is 21.9. The van der Waals surface area contributed by atoms with Gasteiger partial charge in [-0.2, -0.15) is 4.68 Å². The molecule has 0 bridgehead atoms. The molecule has 2 aromatic carbocycles. The van der Waals surface area contributed by atoms with Gasteiger partial charge in [0.1, 0.15) is 0 Å². The third-order valence-corrected chi connectivity index (χ3v) is 7.06. The molecule has 0 saturated heterocycles. The Kier molecular flexibility index (Phi) is 6.54. The number of hydrogen-bond acceptors (Lipinski definition) is 7. The van der Waals surface area contributed by atoms with Crippen LogP contribution in [0.15, 0.2) is 58.6 Å². The van der Waals surface area contributed by atoms with Gasteiger partial charge in [0.2, 0.25) is 21.1 Å². The largest absolute Gasteiger partial charge is 0.325 e. The molecule has 0 aliphatic rings. The van der Waals surface area contributed by atoms with Crippen LogP contribution in [0.5, 0.6) is 0 Å². The summed E-state index contributed by atoms with van der Waals surface area (Å²) in [5, 5.41) is 14.5. The number of tetrazole rings is 1. The van der Waals surface area contributed by atoms with Crippen molar-refractivity contribution in [1.82, 2.24) is 24.5 Å². The maximum atomic E-state index is 12.7. The van der Waals surface area contributed by atoms with Gasteiger partial charge in [0.15, 0.2) is 0 Å². The summed E-state index contributed by atoms with van der Waals surface area (Å²) in [7, 11) is -0.677. The molecule has 158 valence electrons. The Morgan fingerprint density at radius 1 is 1.17 bits per heavy atom. The number of nitrogens with one attached hydrogen (secondary N) is 1. The van der Waals surface area contributed by atoms with Gasteiger partial charge >= 0.3 is 0 Å². The summed E-state index contributed by atoms with van der Waals surface area (Å²) in [6, 6.07) is 13.9. The highest BCUT2D eigenvalue weighted by molar-refractivity contribution is 8.00. The predicted molar refractivity (Wildman–Crippen MR) is 115 cm³/mol. The number of anilines is 1. The topological polar surface area (TPSA) is 110 Å². The van der Waals surface area contributed by atoms with Gasteiger partial charge in [0.05, 0.1) is 15.8 Å². The molecule has 30 heavy (non-hydrogen) atoms. The smallest absolute Gasteiger partial charge is 0.242 e. The van der Waals surface area contributed by atoms with Crippen molar-refractivity contribution in [2.24, 2.45) is 0 Å². The molecule has 3 aromatic rings. The molecular weight excluding hydrogens is 424 g/mol. The molecule has 1 aromatic heterocycles. The number of carbonyl (C=O) groups is 1. The molecule has 0 radical (unpaired) electrons. The van der Waals surface area contributed by atoms with Crippen LogP contribution in [0.4, 0.5) is 5.69 Å². The van der Waals surface area contributed by atoms with Crippen molar-refractivity contribution in [1.29, 1.82) is 0 Å². The van der Waals surface area contributed by atoms with Crippen molar-refractivity contribution < 1.29 is 13.2 Å². The lowest BCUT2D eigenvalue weighted by Crippen LogP contribution is -2.24. The summed E-state index contributed by atoms with van der Waals surface area (Å²) in [4.78, 5) is 12.8. The molecule has 0 fully saturated rings. The van der Waals surface area contributed by atoms with Crippen LogP contribution >= 0.6 is 11.8 Å². The average Bonchev–Trinajstić information content (AvgIpc) is 3.16. The second-order valence-corrected chi connectivity index (χ2v) is 10.2. The van der Waals surface area contributed by atoms with Crippen molar-refractivity contribution >= 4 is 33.4 Å². The fourth-order valence-electron chi connectivity index (χ4n) is 2.57. The Morgan fingerprint density at radius 2 is 1.90 bits per heavy atom. The molecule has 1 amide bonds. The fourth-order valence-corrected chi connectivity index (χ4v) is 4.33. The van der Waals surface area contributed by atoms with Gasteiger partial charge in [0.25, 0.3) is 0 Å². The summed E-state index contributed by atoms with van der Waals surface area (Å²) in [5.74, 6) is -0.293. The third kappa shape index (κ3) is 4.86. The van der Waals surface area contributed by atoms with Gasteiger partial charge in [0, 0.05) is 19.8 Å². The van der Waals surface area contributed by atoms with Gasteiger partial charge in [-0.05, 0) is 60.2 Å². The van der Waals surface area contributed by atoms with Crippen LogP contribution in [0.25, 0.3) is 5.69 Å². The fraction of sp³-hybridized carbons (Fsp3) is 0.263. The quantitative estimate of drug-likeness (QED) is 0.555. The van der Waals surface area contributed by atoms with Crippen LogP contribution in [0.1, 0.15) is 12.5 Å². The summed E-state index contributed by atoms with van der Waals surface area (Å²) in [6.45, 7) is 3.71. The number of benzene rings is 2. The average molecular weight is 447 g/mol. The van der Waals surface area contributed by atoms with E-state index in [4.69, 9.17) is 0 Å². The summed E-state index contributed by atoms with van der Waals surface area (Å²) in [5.41, 5.74) is 2.27. The molecule has 0 aliphatic carbocycles. The summed E-state index contributed by atoms with van der Waals surface area (Å²) in [6.07, 6.45) is 0. The minimum atomic E-state index is -3.59. The van der Waals surface area contributed by atoms with E-state index in [0.29, 0.717) is 10.8 Å². The molecule has 11 heteroatoms. The first-order valence-electron chi connectivity index (χ1n) is 9.04. The zero-order chi connectivity index (χ0) is 21.9. The minimum Gasteiger partial charge on any atom is -0.325 e. The highest BCUT2D eigenvalue weighted by Gasteiger charge is 2.21. The highest BCUT2D eigenvalue weighted by atomic mass is 32.2. The second-order valence-electron chi connectivity index (χ2n) is 6.78. The van der Waals surface area contributed by atoms with E-state index in [1.165, 1.54) is 38.0 Å². The van der Waals surface area contributed by atoms with E-state index < -0.39 is 15.3 Å². The van der Waals surface area contributed by atoms with E-state index in [0.717, 1.165) is 15.6 Å². The number of aryl methyl sites for hydroxylation is 1. The van der Waals surface area contributed by atoms with Gasteiger partial charge < -0.3 is 5.32 Å². The van der Waals surface area contributed by atoms with Crippen LogP contribution in [0.3, 0.4) is 0 Å². The number of rotatable bonds is 7. The molecule has 1 heterocycles. The number of carbonyl (C=O) groups excluding carboxylic acids is 1. The van der Waals surface area contributed by atoms with Crippen molar-refractivity contribution in [3.05, 3.63) is 54.1 Å². The Balaban J connectivity index is 1.74. The predicted octanol–water partition coefficient (Wildman–Crippen LogP) is 2.34. The number of amides is 1. The maximum absolute atomic E-state index is 12.7. The molecule has 1 N–H and O–H groups in total. The van der Waals surface area contributed by atoms with E-state index in [-0.39, 0.29) is 10.8 Å². The van der Waals surface area contributed by atoms with E-state index in [1.54, 1.807) is 23.7 Å². The van der Waals surface area contributed by atoms with Crippen LogP contribution in [0.2, 0.25) is 0 Å². The lowest BCUT2D eigenvalue weighted by atomic mass is 10.2. The minimum absolute atomic E-state index is 0.106. The molecule has 0 spiro atoms. The van der Waals surface area contributed by atoms with Crippen molar-refractivity contribution in [3.8, 4) is 5.69 Å². The molecule has 0 saturated carbocycles. The highest BCUT2D eigenvalue weighted by Crippen LogP contribution is 2.25. The first-order chi connectivity index (χ1) is 14.2. The van der Waals surface area contributed by atoms with E-state index in [9.17, 15) is 13.2 Å². The van der Waals surface area contributed by atoms with Gasteiger partial charge in [-0.3, -0.25) is 4.79 Å². The van der Waals surface area contributed by atoms with Crippen LogP contribution in [-0.2, 0) is 14.8 Å². The maximum Gasteiger partial charge on any atom is 0.242 e. The first-order valence-corrected chi connectivity index (χ1v) is 11.4. The molecule has 9 nitrogen and oxygen atoms in total. The molecule has 1 atom stereocenters. The van der Waals surface area contributed by atoms with Crippen LogP contribution in [0, 0.1) is 6.92 Å². The standard InChI is InChI=1S/C19H22N6O3S2/c1-13-7-5-9-16(11-13)25-19(21-22-23-25)29-14(2)18(26)20-15-8-6-10-17(12-15)30(27,28)24(3)4/h5-12,14H,1-4H3,(H,20,26). The number of sulfonamides is 1. The Hall–Kier alpha value is -2.76. The SMILES string of the molecule is Cc1cccc(-n2nnnc2SC(C)C(=O)Nc2cccc(S(=O)(=O)N(C)C)c2)c1. The zero-order valence-corrected chi connectivity index (χ0v) is 18.6. The monoisotopic (exact) mass is 446 g/mol. The van der Waals surface area contributed by atoms with Crippen molar-refractivity contribution in [3.63, 3.8) is 0 Å².